The molecule has 3 aromatic rings. The lowest BCUT2D eigenvalue weighted by Crippen LogP contribution is -2.36. The molecule has 0 radical (unpaired) electrons. The summed E-state index contributed by atoms with van der Waals surface area (Å²) in [5, 5.41) is 2.89. The van der Waals surface area contributed by atoms with Crippen LogP contribution in [-0.2, 0) is 16.1 Å². The molecule has 2 amide bonds. The fraction of sp³-hybridized carbons (Fsp3) is 0.182. The topological polar surface area (TPSA) is 54.3 Å². The van der Waals surface area contributed by atoms with Crippen molar-refractivity contribution in [1.29, 1.82) is 0 Å². The smallest absolute Gasteiger partial charge is 0.239 e. The molecule has 0 spiro atoms. The van der Waals surface area contributed by atoms with Crippen LogP contribution in [0, 0.1) is 5.92 Å². The Morgan fingerprint density at radius 2 is 1.59 bits per heavy atom. The van der Waals surface area contributed by atoms with Crippen molar-refractivity contribution in [2.45, 2.75) is 13.0 Å². The Bertz CT molecular complexity index is 935. The summed E-state index contributed by atoms with van der Waals surface area (Å²) >= 11 is 0. The Morgan fingerprint density at radius 3 is 2.33 bits per heavy atom. The van der Waals surface area contributed by atoms with Gasteiger partial charge in [-0.25, -0.2) is 0 Å². The van der Waals surface area contributed by atoms with Crippen molar-refractivity contribution in [3.8, 4) is 5.69 Å². The first-order valence-corrected chi connectivity index (χ1v) is 9.09. The number of anilines is 1. The van der Waals surface area contributed by atoms with Crippen LogP contribution in [0.2, 0.25) is 0 Å². The molecule has 1 aromatic heterocycles. The first kappa shape index (κ1) is 17.1. The monoisotopic (exact) mass is 359 g/mol. The Kier molecular flexibility index (Phi) is 4.75. The number of amides is 2. The summed E-state index contributed by atoms with van der Waals surface area (Å²) in [5.74, 6) is -0.976. The molecule has 1 aliphatic heterocycles. The molecule has 136 valence electrons. The highest BCUT2D eigenvalue weighted by Gasteiger charge is 2.38. The maximum Gasteiger partial charge on any atom is 0.239 e. The molecule has 4 rings (SSSR count). The van der Waals surface area contributed by atoms with Gasteiger partial charge < -0.3 is 14.8 Å². The van der Waals surface area contributed by atoms with E-state index >= 15 is 0 Å². The first-order valence-electron chi connectivity index (χ1n) is 9.09. The third-order valence-corrected chi connectivity index (χ3v) is 4.89. The summed E-state index contributed by atoms with van der Waals surface area (Å²) in [4.78, 5) is 27.2. The largest absolute Gasteiger partial charge is 0.351 e. The predicted molar refractivity (Wildman–Crippen MR) is 105 cm³/mol. The van der Waals surface area contributed by atoms with Crippen molar-refractivity contribution in [2.24, 2.45) is 5.92 Å². The normalized spacial score (nSPS) is 16.5. The van der Waals surface area contributed by atoms with Gasteiger partial charge in [-0.1, -0.05) is 42.5 Å². The third kappa shape index (κ3) is 3.49. The van der Waals surface area contributed by atoms with Crippen molar-refractivity contribution in [2.75, 3.05) is 11.4 Å². The fourth-order valence-corrected chi connectivity index (χ4v) is 3.48. The van der Waals surface area contributed by atoms with Crippen LogP contribution in [0.5, 0.6) is 0 Å². The summed E-state index contributed by atoms with van der Waals surface area (Å²) in [6.07, 6.45) is 4.42. The number of hydrogen-bond donors (Lipinski definition) is 1. The number of aromatic nitrogens is 1. The zero-order chi connectivity index (χ0) is 18.6. The van der Waals surface area contributed by atoms with E-state index in [1.165, 1.54) is 0 Å². The predicted octanol–water partition coefficient (Wildman–Crippen LogP) is 3.15. The Labute approximate surface area is 158 Å². The lowest BCUT2D eigenvalue weighted by Gasteiger charge is -2.21. The standard InChI is InChI=1S/C22H21N3O2/c26-21(23-16-17-8-2-1-3-9-17)18-12-15-25(22(18)27)20-11-5-4-10-19(20)24-13-6-7-14-24/h1-11,13-14,18H,12,15-16H2,(H,23,26). The minimum atomic E-state index is -0.633. The van der Waals surface area contributed by atoms with Gasteiger partial charge in [0.15, 0.2) is 0 Å². The summed E-state index contributed by atoms with van der Waals surface area (Å²) in [6, 6.07) is 21.4. The van der Waals surface area contributed by atoms with Crippen molar-refractivity contribution >= 4 is 17.5 Å². The van der Waals surface area contributed by atoms with E-state index in [1.807, 2.05) is 83.7 Å². The number of hydrogen-bond acceptors (Lipinski definition) is 2. The Balaban J connectivity index is 1.49. The Hall–Kier alpha value is -3.34. The molecule has 0 bridgehead atoms. The maximum atomic E-state index is 12.9. The second-order valence-electron chi connectivity index (χ2n) is 6.61. The number of carbonyl (C=O) groups is 2. The molecule has 1 atom stereocenters. The summed E-state index contributed by atoms with van der Waals surface area (Å²) < 4.78 is 1.98. The SMILES string of the molecule is O=C(NCc1ccccc1)C1CCN(c2ccccc2-n2cccc2)C1=O. The van der Waals surface area contributed by atoms with Crippen LogP contribution in [0.1, 0.15) is 12.0 Å². The molecule has 1 fully saturated rings. The lowest BCUT2D eigenvalue weighted by atomic mass is 10.1. The van der Waals surface area contributed by atoms with Gasteiger partial charge in [0.1, 0.15) is 5.92 Å². The van der Waals surface area contributed by atoms with Gasteiger partial charge in [-0.05, 0) is 36.2 Å². The highest BCUT2D eigenvalue weighted by atomic mass is 16.2. The van der Waals surface area contributed by atoms with E-state index in [0.29, 0.717) is 19.5 Å². The number of rotatable bonds is 5. The van der Waals surface area contributed by atoms with Crippen molar-refractivity contribution in [1.82, 2.24) is 9.88 Å². The quantitative estimate of drug-likeness (QED) is 0.712. The van der Waals surface area contributed by atoms with Gasteiger partial charge in [-0.15, -0.1) is 0 Å². The summed E-state index contributed by atoms with van der Waals surface area (Å²) in [5.41, 5.74) is 2.78. The van der Waals surface area contributed by atoms with E-state index in [-0.39, 0.29) is 11.8 Å². The molecular weight excluding hydrogens is 338 g/mol. The van der Waals surface area contributed by atoms with Gasteiger partial charge in [0.05, 0.1) is 11.4 Å². The van der Waals surface area contributed by atoms with E-state index in [2.05, 4.69) is 5.32 Å². The number of carbonyl (C=O) groups excluding carboxylic acids is 2. The van der Waals surface area contributed by atoms with Crippen molar-refractivity contribution in [3.05, 3.63) is 84.7 Å². The molecule has 27 heavy (non-hydrogen) atoms. The molecule has 1 aliphatic rings. The van der Waals surface area contributed by atoms with Crippen LogP contribution >= 0.6 is 0 Å². The van der Waals surface area contributed by atoms with Crippen molar-refractivity contribution < 1.29 is 9.59 Å². The van der Waals surface area contributed by atoms with Gasteiger partial charge in [0.2, 0.25) is 11.8 Å². The third-order valence-electron chi connectivity index (χ3n) is 4.89. The zero-order valence-electron chi connectivity index (χ0n) is 14.9. The van der Waals surface area contributed by atoms with Gasteiger partial charge >= 0.3 is 0 Å². The van der Waals surface area contributed by atoms with Crippen LogP contribution in [0.15, 0.2) is 79.1 Å². The molecule has 1 N–H and O–H groups in total. The molecule has 2 heterocycles. The number of para-hydroxylation sites is 2. The fourth-order valence-electron chi connectivity index (χ4n) is 3.48. The molecule has 5 nitrogen and oxygen atoms in total. The number of nitrogens with one attached hydrogen (secondary N) is 1. The zero-order valence-corrected chi connectivity index (χ0v) is 14.9. The summed E-state index contributed by atoms with van der Waals surface area (Å²) in [6.45, 7) is 0.976. The molecular formula is C22H21N3O2. The number of benzene rings is 2. The van der Waals surface area contributed by atoms with Crippen LogP contribution < -0.4 is 10.2 Å². The number of nitrogens with zero attached hydrogens (tertiary/aromatic N) is 2. The van der Waals surface area contributed by atoms with Crippen LogP contribution in [0.25, 0.3) is 5.69 Å². The summed E-state index contributed by atoms with van der Waals surface area (Å²) in [7, 11) is 0. The van der Waals surface area contributed by atoms with Crippen LogP contribution in [0.4, 0.5) is 5.69 Å². The molecule has 2 aromatic carbocycles. The highest BCUT2D eigenvalue weighted by molar-refractivity contribution is 6.10. The van der Waals surface area contributed by atoms with E-state index in [1.54, 1.807) is 4.90 Å². The highest BCUT2D eigenvalue weighted by Crippen LogP contribution is 2.30. The van der Waals surface area contributed by atoms with Gasteiger partial charge in [-0.2, -0.15) is 0 Å². The van der Waals surface area contributed by atoms with Crippen LogP contribution in [-0.4, -0.2) is 22.9 Å². The van der Waals surface area contributed by atoms with E-state index in [4.69, 9.17) is 0 Å². The van der Waals surface area contributed by atoms with Gasteiger partial charge in [0, 0.05) is 25.5 Å². The van der Waals surface area contributed by atoms with E-state index in [0.717, 1.165) is 16.9 Å². The average Bonchev–Trinajstić information content (AvgIpc) is 3.37. The second-order valence-corrected chi connectivity index (χ2v) is 6.61. The van der Waals surface area contributed by atoms with E-state index < -0.39 is 5.92 Å². The minimum absolute atomic E-state index is 0.139. The lowest BCUT2D eigenvalue weighted by molar-refractivity contribution is -0.132. The van der Waals surface area contributed by atoms with E-state index in [9.17, 15) is 9.59 Å². The first-order chi connectivity index (χ1) is 13.2. The molecule has 1 saturated heterocycles. The minimum Gasteiger partial charge on any atom is -0.351 e. The maximum absolute atomic E-state index is 12.9. The molecule has 5 heteroatoms. The second kappa shape index (κ2) is 7.50. The average molecular weight is 359 g/mol. The Morgan fingerprint density at radius 1 is 0.926 bits per heavy atom. The van der Waals surface area contributed by atoms with Crippen molar-refractivity contribution in [3.63, 3.8) is 0 Å². The molecule has 0 saturated carbocycles. The molecule has 0 aliphatic carbocycles. The molecule has 1 unspecified atom stereocenters. The van der Waals surface area contributed by atoms with Gasteiger partial charge in [-0.3, -0.25) is 9.59 Å². The van der Waals surface area contributed by atoms with Crippen LogP contribution in [0.3, 0.4) is 0 Å². The van der Waals surface area contributed by atoms with Gasteiger partial charge in [0.25, 0.3) is 0 Å².